The van der Waals surface area contributed by atoms with E-state index in [0.29, 0.717) is 12.1 Å². The Morgan fingerprint density at radius 3 is 2.36 bits per heavy atom. The highest BCUT2D eigenvalue weighted by Gasteiger charge is 2.38. The quantitative estimate of drug-likeness (QED) is 0.902. The lowest BCUT2D eigenvalue weighted by molar-refractivity contribution is 0.123. The molecule has 120 valence electrons. The number of carbonyl (C=O) groups excluding carboxylic acids is 1. The van der Waals surface area contributed by atoms with E-state index in [1.165, 1.54) is 13.0 Å². The number of benzene rings is 1. The molecule has 0 unspecified atom stereocenters. The normalized spacial score (nSPS) is 19.9. The molecule has 1 aromatic rings. The van der Waals surface area contributed by atoms with Gasteiger partial charge in [0.1, 0.15) is 0 Å². The molecule has 1 aromatic carbocycles. The standard InChI is InChI=1S/C18H27N3O/c1-2-12-20-13-10-17(11-14-20)21(16-8-9-16)18(22)19-15-6-4-3-5-7-15/h3-7,16-17H,2,8-14H2,1H3,(H,19,22). The maximum Gasteiger partial charge on any atom is 0.322 e. The number of para-hydroxylation sites is 1. The minimum absolute atomic E-state index is 0.0858. The highest BCUT2D eigenvalue weighted by Crippen LogP contribution is 2.32. The zero-order chi connectivity index (χ0) is 15.4. The molecule has 4 nitrogen and oxygen atoms in total. The fourth-order valence-corrected chi connectivity index (χ4v) is 3.43. The van der Waals surface area contributed by atoms with Crippen molar-refractivity contribution in [3.8, 4) is 0 Å². The Labute approximate surface area is 133 Å². The predicted octanol–water partition coefficient (Wildman–Crippen LogP) is 3.56. The predicted molar refractivity (Wildman–Crippen MR) is 90.1 cm³/mol. The Balaban J connectivity index is 1.60. The first-order valence-electron chi connectivity index (χ1n) is 8.64. The van der Waals surface area contributed by atoms with Crippen molar-refractivity contribution in [3.63, 3.8) is 0 Å². The average Bonchev–Trinajstić information content (AvgIpc) is 3.35. The van der Waals surface area contributed by atoms with Crippen LogP contribution in [0, 0.1) is 0 Å². The number of hydrogen-bond acceptors (Lipinski definition) is 2. The number of piperidine rings is 1. The molecular formula is C18H27N3O. The van der Waals surface area contributed by atoms with Crippen LogP contribution >= 0.6 is 0 Å². The Bertz CT molecular complexity index is 478. The summed E-state index contributed by atoms with van der Waals surface area (Å²) in [6, 6.07) is 10.7. The second-order valence-electron chi connectivity index (χ2n) is 6.51. The minimum atomic E-state index is 0.0858. The van der Waals surface area contributed by atoms with Gasteiger partial charge in [-0.05, 0) is 50.8 Å². The van der Waals surface area contributed by atoms with E-state index in [4.69, 9.17) is 0 Å². The zero-order valence-corrected chi connectivity index (χ0v) is 13.5. The smallest absolute Gasteiger partial charge is 0.318 e. The van der Waals surface area contributed by atoms with E-state index < -0.39 is 0 Å². The molecule has 0 atom stereocenters. The lowest BCUT2D eigenvalue weighted by Crippen LogP contribution is -2.49. The number of nitrogens with one attached hydrogen (secondary N) is 1. The number of hydrogen-bond donors (Lipinski definition) is 1. The first-order chi connectivity index (χ1) is 10.8. The SMILES string of the molecule is CCCN1CCC(N(C(=O)Nc2ccccc2)C2CC2)CC1. The molecule has 1 aliphatic carbocycles. The van der Waals surface area contributed by atoms with Crippen LogP contribution in [0.3, 0.4) is 0 Å². The molecule has 1 aliphatic heterocycles. The fourth-order valence-electron chi connectivity index (χ4n) is 3.43. The average molecular weight is 301 g/mol. The summed E-state index contributed by atoms with van der Waals surface area (Å²) in [7, 11) is 0. The summed E-state index contributed by atoms with van der Waals surface area (Å²) in [5.41, 5.74) is 0.890. The Hall–Kier alpha value is -1.55. The van der Waals surface area contributed by atoms with Crippen molar-refractivity contribution in [2.24, 2.45) is 0 Å². The van der Waals surface area contributed by atoms with Gasteiger partial charge in [-0.3, -0.25) is 0 Å². The van der Waals surface area contributed by atoms with E-state index in [2.05, 4.69) is 22.0 Å². The van der Waals surface area contributed by atoms with Gasteiger partial charge in [0.05, 0.1) is 0 Å². The molecule has 2 fully saturated rings. The Kier molecular flexibility index (Phi) is 4.98. The second kappa shape index (κ2) is 7.14. The maximum absolute atomic E-state index is 12.7. The number of anilines is 1. The summed E-state index contributed by atoms with van der Waals surface area (Å²) in [6.45, 7) is 5.67. The van der Waals surface area contributed by atoms with Crippen molar-refractivity contribution >= 4 is 11.7 Å². The Morgan fingerprint density at radius 2 is 1.77 bits per heavy atom. The molecule has 0 radical (unpaired) electrons. The highest BCUT2D eigenvalue weighted by atomic mass is 16.2. The van der Waals surface area contributed by atoms with Gasteiger partial charge < -0.3 is 15.1 Å². The molecular weight excluding hydrogens is 274 g/mol. The third kappa shape index (κ3) is 3.80. The van der Waals surface area contributed by atoms with Gasteiger partial charge in [-0.1, -0.05) is 25.1 Å². The topological polar surface area (TPSA) is 35.6 Å². The molecule has 1 heterocycles. The van der Waals surface area contributed by atoms with Crippen LogP contribution in [0.1, 0.15) is 39.0 Å². The van der Waals surface area contributed by atoms with Gasteiger partial charge in [-0.15, -0.1) is 0 Å². The van der Waals surface area contributed by atoms with E-state index >= 15 is 0 Å². The molecule has 4 heteroatoms. The second-order valence-corrected chi connectivity index (χ2v) is 6.51. The summed E-state index contributed by atoms with van der Waals surface area (Å²) in [4.78, 5) is 17.4. The van der Waals surface area contributed by atoms with E-state index in [9.17, 15) is 4.79 Å². The third-order valence-electron chi connectivity index (χ3n) is 4.69. The van der Waals surface area contributed by atoms with Crippen molar-refractivity contribution in [3.05, 3.63) is 30.3 Å². The van der Waals surface area contributed by atoms with Crippen molar-refractivity contribution in [2.45, 2.75) is 51.1 Å². The molecule has 1 saturated carbocycles. The molecule has 0 aromatic heterocycles. The van der Waals surface area contributed by atoms with Crippen LogP contribution in [-0.2, 0) is 0 Å². The summed E-state index contributed by atoms with van der Waals surface area (Å²) in [5, 5.41) is 3.07. The van der Waals surface area contributed by atoms with Crippen LogP contribution in [0.5, 0.6) is 0 Å². The maximum atomic E-state index is 12.7. The van der Waals surface area contributed by atoms with Crippen LogP contribution in [0.2, 0.25) is 0 Å². The summed E-state index contributed by atoms with van der Waals surface area (Å²) in [6.07, 6.45) is 5.76. The number of carbonyl (C=O) groups is 1. The van der Waals surface area contributed by atoms with Crippen LogP contribution in [0.4, 0.5) is 10.5 Å². The summed E-state index contributed by atoms with van der Waals surface area (Å²) < 4.78 is 0. The van der Waals surface area contributed by atoms with Gasteiger partial charge in [0.15, 0.2) is 0 Å². The zero-order valence-electron chi connectivity index (χ0n) is 13.5. The molecule has 0 spiro atoms. The van der Waals surface area contributed by atoms with Crippen molar-refractivity contribution < 1.29 is 4.79 Å². The first-order valence-corrected chi connectivity index (χ1v) is 8.64. The van der Waals surface area contributed by atoms with E-state index in [1.807, 2.05) is 30.3 Å². The monoisotopic (exact) mass is 301 g/mol. The summed E-state index contributed by atoms with van der Waals surface area (Å²) in [5.74, 6) is 0. The minimum Gasteiger partial charge on any atom is -0.318 e. The van der Waals surface area contributed by atoms with Crippen molar-refractivity contribution in [2.75, 3.05) is 25.0 Å². The van der Waals surface area contributed by atoms with Crippen LogP contribution in [0.15, 0.2) is 30.3 Å². The van der Waals surface area contributed by atoms with E-state index in [-0.39, 0.29) is 6.03 Å². The van der Waals surface area contributed by atoms with Gasteiger partial charge in [0.25, 0.3) is 0 Å². The third-order valence-corrected chi connectivity index (χ3v) is 4.69. The molecule has 1 saturated heterocycles. The molecule has 3 rings (SSSR count). The fraction of sp³-hybridized carbons (Fsp3) is 0.611. The van der Waals surface area contributed by atoms with Crippen LogP contribution in [-0.4, -0.2) is 47.5 Å². The number of rotatable bonds is 5. The first kappa shape index (κ1) is 15.3. The molecule has 0 bridgehead atoms. The van der Waals surface area contributed by atoms with Gasteiger partial charge in [-0.2, -0.15) is 0 Å². The van der Waals surface area contributed by atoms with Crippen molar-refractivity contribution in [1.82, 2.24) is 9.80 Å². The largest absolute Gasteiger partial charge is 0.322 e. The molecule has 2 aliphatic rings. The Morgan fingerprint density at radius 1 is 1.14 bits per heavy atom. The lowest BCUT2D eigenvalue weighted by atomic mass is 10.0. The van der Waals surface area contributed by atoms with Gasteiger partial charge in [-0.25, -0.2) is 4.79 Å². The van der Waals surface area contributed by atoms with Gasteiger partial charge >= 0.3 is 6.03 Å². The molecule has 1 N–H and O–H groups in total. The highest BCUT2D eigenvalue weighted by molar-refractivity contribution is 5.90. The number of nitrogens with zero attached hydrogens (tertiary/aromatic N) is 2. The lowest BCUT2D eigenvalue weighted by Gasteiger charge is -2.38. The number of likely N-dealkylation sites (tertiary alicyclic amines) is 1. The number of amides is 2. The van der Waals surface area contributed by atoms with Gasteiger partial charge in [0.2, 0.25) is 0 Å². The molecule has 22 heavy (non-hydrogen) atoms. The van der Waals surface area contributed by atoms with E-state index in [1.54, 1.807) is 0 Å². The van der Waals surface area contributed by atoms with Crippen molar-refractivity contribution in [1.29, 1.82) is 0 Å². The number of urea groups is 1. The van der Waals surface area contributed by atoms with Gasteiger partial charge in [0, 0.05) is 30.9 Å². The van der Waals surface area contributed by atoms with Crippen LogP contribution in [0.25, 0.3) is 0 Å². The van der Waals surface area contributed by atoms with E-state index in [0.717, 1.165) is 44.5 Å². The summed E-state index contributed by atoms with van der Waals surface area (Å²) >= 11 is 0. The molecule has 2 amide bonds. The van der Waals surface area contributed by atoms with Crippen LogP contribution < -0.4 is 5.32 Å².